The van der Waals surface area contributed by atoms with Crippen molar-refractivity contribution < 1.29 is 0 Å². The van der Waals surface area contributed by atoms with Gasteiger partial charge in [0.15, 0.2) is 0 Å². The molecule has 0 fully saturated rings. The van der Waals surface area contributed by atoms with E-state index < -0.39 is 0 Å². The molecule has 0 saturated heterocycles. The first kappa shape index (κ1) is 14.7. The maximum atomic E-state index is 8.70. The lowest BCUT2D eigenvalue weighted by Gasteiger charge is -2.20. The predicted molar refractivity (Wildman–Crippen MR) is 76.7 cm³/mol. The van der Waals surface area contributed by atoms with E-state index in [1.54, 1.807) is 0 Å². The minimum Gasteiger partial charge on any atom is -0.302 e. The zero-order valence-electron chi connectivity index (χ0n) is 12.2. The molecule has 0 radical (unpaired) electrons. The molecule has 0 aromatic heterocycles. The van der Waals surface area contributed by atoms with E-state index in [1.807, 2.05) is 6.92 Å². The van der Waals surface area contributed by atoms with Crippen LogP contribution in [-0.2, 0) is 11.8 Å². The predicted octanol–water partition coefficient (Wildman–Crippen LogP) is 3.34. The zero-order chi connectivity index (χ0) is 13.8. The normalized spacial score (nSPS) is 13.1. The summed E-state index contributed by atoms with van der Waals surface area (Å²) in [7, 11) is 0. The van der Waals surface area contributed by atoms with Crippen molar-refractivity contribution in [2.24, 2.45) is 0 Å². The van der Waals surface area contributed by atoms with Gasteiger partial charge in [-0.05, 0) is 42.4 Å². The summed E-state index contributed by atoms with van der Waals surface area (Å²) in [5.41, 5.74) is 4.29. The Kier molecular flexibility index (Phi) is 4.93. The summed E-state index contributed by atoms with van der Waals surface area (Å²) < 4.78 is 0. The van der Waals surface area contributed by atoms with Gasteiger partial charge in [-0.3, -0.25) is 0 Å². The highest BCUT2D eigenvalue weighted by Gasteiger charge is 2.14. The van der Waals surface area contributed by atoms with E-state index >= 15 is 0 Å². The molecule has 0 amide bonds. The molecule has 0 heterocycles. The molecule has 0 aliphatic carbocycles. The molecule has 1 atom stereocenters. The lowest BCUT2D eigenvalue weighted by molar-refractivity contribution is 0.588. The summed E-state index contributed by atoms with van der Waals surface area (Å²) in [6, 6.07) is 8.83. The smallest absolute Gasteiger partial charge is 0.0924 e. The van der Waals surface area contributed by atoms with Crippen LogP contribution in [0.1, 0.15) is 44.4 Å². The fraction of sp³-hybridized carbons (Fsp3) is 0.562. The van der Waals surface area contributed by atoms with Crippen LogP contribution in [-0.4, -0.2) is 12.6 Å². The summed E-state index contributed by atoms with van der Waals surface area (Å²) in [4.78, 5) is 0. The average molecular weight is 244 g/mol. The molecule has 1 aromatic rings. The molecule has 0 aliphatic heterocycles. The van der Waals surface area contributed by atoms with Crippen molar-refractivity contribution >= 4 is 0 Å². The fourth-order valence-electron chi connectivity index (χ4n) is 1.91. The Morgan fingerprint density at radius 1 is 1.33 bits per heavy atom. The van der Waals surface area contributed by atoms with Crippen LogP contribution in [0.2, 0.25) is 0 Å². The molecule has 18 heavy (non-hydrogen) atoms. The van der Waals surface area contributed by atoms with Gasteiger partial charge in [-0.1, -0.05) is 39.0 Å². The molecule has 0 saturated carbocycles. The lowest BCUT2D eigenvalue weighted by Crippen LogP contribution is -2.26. The number of benzene rings is 1. The van der Waals surface area contributed by atoms with Crippen LogP contribution >= 0.6 is 0 Å². The van der Waals surface area contributed by atoms with E-state index in [-0.39, 0.29) is 11.5 Å². The Labute approximate surface area is 111 Å². The second-order valence-corrected chi connectivity index (χ2v) is 5.95. The van der Waals surface area contributed by atoms with Crippen LogP contribution in [0.15, 0.2) is 18.2 Å². The molecule has 2 nitrogen and oxygen atoms in total. The fourth-order valence-corrected chi connectivity index (χ4v) is 1.91. The Bertz CT molecular complexity index is 435. The van der Waals surface area contributed by atoms with Gasteiger partial charge in [-0.2, -0.15) is 5.26 Å². The number of hydrogen-bond donors (Lipinski definition) is 1. The first-order chi connectivity index (χ1) is 8.34. The van der Waals surface area contributed by atoms with Crippen molar-refractivity contribution in [3.8, 4) is 6.07 Å². The van der Waals surface area contributed by atoms with Crippen LogP contribution < -0.4 is 5.32 Å². The Hall–Kier alpha value is -1.33. The SMILES string of the molecule is Cc1cc(C(C)(C)C)ccc1CCNC(C)C#N. The van der Waals surface area contributed by atoms with Crippen LogP contribution in [0.3, 0.4) is 0 Å². The first-order valence-corrected chi connectivity index (χ1v) is 6.57. The Balaban J connectivity index is 2.67. The third kappa shape index (κ3) is 4.16. The molecule has 1 rings (SSSR count). The van der Waals surface area contributed by atoms with E-state index in [0.29, 0.717) is 0 Å². The van der Waals surface area contributed by atoms with E-state index in [2.05, 4.69) is 57.3 Å². The molecule has 2 heteroatoms. The van der Waals surface area contributed by atoms with Gasteiger partial charge < -0.3 is 5.32 Å². The number of nitrogens with one attached hydrogen (secondary N) is 1. The zero-order valence-corrected chi connectivity index (χ0v) is 12.2. The molecule has 0 spiro atoms. The van der Waals surface area contributed by atoms with Crippen LogP contribution in [0.25, 0.3) is 0 Å². The Morgan fingerprint density at radius 2 is 2.00 bits per heavy atom. The second-order valence-electron chi connectivity index (χ2n) is 5.95. The topological polar surface area (TPSA) is 35.8 Å². The quantitative estimate of drug-likeness (QED) is 0.881. The average Bonchev–Trinajstić information content (AvgIpc) is 2.29. The van der Waals surface area contributed by atoms with Gasteiger partial charge >= 0.3 is 0 Å². The molecule has 1 unspecified atom stereocenters. The van der Waals surface area contributed by atoms with Gasteiger partial charge in [0.2, 0.25) is 0 Å². The third-order valence-corrected chi connectivity index (χ3v) is 3.25. The second kappa shape index (κ2) is 6.02. The molecule has 1 N–H and O–H groups in total. The van der Waals surface area contributed by atoms with Crippen molar-refractivity contribution in [1.82, 2.24) is 5.32 Å². The summed E-state index contributed by atoms with van der Waals surface area (Å²) in [6.07, 6.45) is 0.974. The van der Waals surface area contributed by atoms with Gasteiger partial charge in [0.05, 0.1) is 12.1 Å². The highest BCUT2D eigenvalue weighted by Crippen LogP contribution is 2.24. The van der Waals surface area contributed by atoms with Gasteiger partial charge in [-0.15, -0.1) is 0 Å². The van der Waals surface area contributed by atoms with Gasteiger partial charge in [0.25, 0.3) is 0 Å². The first-order valence-electron chi connectivity index (χ1n) is 6.57. The maximum absolute atomic E-state index is 8.70. The van der Waals surface area contributed by atoms with Crippen molar-refractivity contribution in [3.05, 3.63) is 34.9 Å². The van der Waals surface area contributed by atoms with Gasteiger partial charge in [0, 0.05) is 6.54 Å². The summed E-state index contributed by atoms with van der Waals surface area (Å²) in [5.74, 6) is 0. The van der Waals surface area contributed by atoms with Crippen molar-refractivity contribution in [3.63, 3.8) is 0 Å². The molecular weight excluding hydrogens is 220 g/mol. The summed E-state index contributed by atoms with van der Waals surface area (Å²) in [5, 5.41) is 11.9. The minimum absolute atomic E-state index is 0.0702. The monoisotopic (exact) mass is 244 g/mol. The van der Waals surface area contributed by atoms with Gasteiger partial charge in [0.1, 0.15) is 0 Å². The number of hydrogen-bond acceptors (Lipinski definition) is 2. The maximum Gasteiger partial charge on any atom is 0.0924 e. The van der Waals surface area contributed by atoms with Crippen LogP contribution in [0.4, 0.5) is 0 Å². The number of aryl methyl sites for hydroxylation is 1. The minimum atomic E-state index is -0.0702. The van der Waals surface area contributed by atoms with Crippen molar-refractivity contribution in [2.45, 2.75) is 52.5 Å². The lowest BCUT2D eigenvalue weighted by atomic mass is 9.85. The van der Waals surface area contributed by atoms with E-state index in [1.165, 1.54) is 16.7 Å². The summed E-state index contributed by atoms with van der Waals surface area (Å²) >= 11 is 0. The highest BCUT2D eigenvalue weighted by atomic mass is 14.9. The molecule has 1 aromatic carbocycles. The van der Waals surface area contributed by atoms with Crippen LogP contribution in [0, 0.1) is 18.3 Å². The molecule has 0 aliphatic rings. The van der Waals surface area contributed by atoms with E-state index in [9.17, 15) is 0 Å². The van der Waals surface area contributed by atoms with Crippen molar-refractivity contribution in [1.29, 1.82) is 5.26 Å². The molecular formula is C16H24N2. The van der Waals surface area contributed by atoms with Gasteiger partial charge in [-0.25, -0.2) is 0 Å². The van der Waals surface area contributed by atoms with E-state index in [0.717, 1.165) is 13.0 Å². The van der Waals surface area contributed by atoms with Crippen molar-refractivity contribution in [2.75, 3.05) is 6.54 Å². The largest absolute Gasteiger partial charge is 0.302 e. The van der Waals surface area contributed by atoms with E-state index in [4.69, 9.17) is 5.26 Å². The number of rotatable bonds is 4. The highest BCUT2D eigenvalue weighted by molar-refractivity contribution is 5.34. The summed E-state index contributed by atoms with van der Waals surface area (Å²) in [6.45, 7) is 11.6. The number of nitrogens with zero attached hydrogens (tertiary/aromatic N) is 1. The number of nitriles is 1. The van der Waals surface area contributed by atoms with Crippen LogP contribution in [0.5, 0.6) is 0 Å². The Morgan fingerprint density at radius 3 is 2.50 bits per heavy atom. The standard InChI is InChI=1S/C16H24N2/c1-12-10-15(16(3,4)5)7-6-14(12)8-9-18-13(2)11-17/h6-7,10,13,18H,8-9H2,1-5H3. The third-order valence-electron chi connectivity index (χ3n) is 3.25. The molecule has 98 valence electrons. The molecule has 0 bridgehead atoms.